The first-order valence-corrected chi connectivity index (χ1v) is 8.77. The summed E-state index contributed by atoms with van der Waals surface area (Å²) in [6.07, 6.45) is 4.74. The number of aromatic nitrogens is 2. The van der Waals surface area contributed by atoms with Gasteiger partial charge in [-0.1, -0.05) is 12.1 Å². The fourth-order valence-corrected chi connectivity index (χ4v) is 3.76. The van der Waals surface area contributed by atoms with Gasteiger partial charge in [-0.2, -0.15) is 5.10 Å². The number of carbonyl (C=O) groups excluding carboxylic acids is 1. The molecule has 3 atom stereocenters. The molecular weight excluding hydrogens is 316 g/mol. The van der Waals surface area contributed by atoms with E-state index in [1.165, 1.54) is 0 Å². The maximum Gasteiger partial charge on any atom is 0.239 e. The Morgan fingerprint density at radius 1 is 1.36 bits per heavy atom. The quantitative estimate of drug-likeness (QED) is 0.746. The van der Waals surface area contributed by atoms with Gasteiger partial charge in [-0.25, -0.2) is 10.1 Å². The lowest BCUT2D eigenvalue weighted by Crippen LogP contribution is -2.49. The molecule has 1 amide bonds. The van der Waals surface area contributed by atoms with Gasteiger partial charge in [0.15, 0.2) is 0 Å². The number of hydrogen-bond donors (Lipinski definition) is 3. The Balaban J connectivity index is 1.38. The second-order valence-electron chi connectivity index (χ2n) is 6.93. The third kappa shape index (κ3) is 3.44. The highest BCUT2D eigenvalue weighted by Crippen LogP contribution is 2.23. The van der Waals surface area contributed by atoms with E-state index in [1.807, 2.05) is 41.2 Å². The van der Waals surface area contributed by atoms with Crippen LogP contribution in [0.3, 0.4) is 0 Å². The summed E-state index contributed by atoms with van der Waals surface area (Å²) in [5, 5.41) is 7.32. The summed E-state index contributed by atoms with van der Waals surface area (Å²) < 4.78 is 1.82. The number of hydrazine groups is 1. The van der Waals surface area contributed by atoms with Crippen molar-refractivity contribution in [1.29, 1.82) is 0 Å². The minimum Gasteiger partial charge on any atom is -0.351 e. The Hall–Kier alpha value is -2.22. The van der Waals surface area contributed by atoms with Crippen LogP contribution in [0.1, 0.15) is 12.0 Å². The molecular formula is C18H24N6O. The molecule has 4 rings (SSSR count). The van der Waals surface area contributed by atoms with Gasteiger partial charge in [-0.3, -0.25) is 10.2 Å². The van der Waals surface area contributed by atoms with Gasteiger partial charge in [-0.15, -0.1) is 0 Å². The van der Waals surface area contributed by atoms with Crippen molar-refractivity contribution < 1.29 is 4.79 Å². The van der Waals surface area contributed by atoms with Crippen molar-refractivity contribution >= 4 is 5.91 Å². The highest BCUT2D eigenvalue weighted by atomic mass is 16.2. The molecule has 25 heavy (non-hydrogen) atoms. The van der Waals surface area contributed by atoms with Gasteiger partial charge >= 0.3 is 0 Å². The topological polar surface area (TPSA) is 74.2 Å². The van der Waals surface area contributed by atoms with Crippen molar-refractivity contribution in [2.45, 2.75) is 25.0 Å². The van der Waals surface area contributed by atoms with Gasteiger partial charge in [0.2, 0.25) is 5.91 Å². The van der Waals surface area contributed by atoms with Gasteiger partial charge in [-0.05, 0) is 43.8 Å². The van der Waals surface area contributed by atoms with E-state index in [4.69, 9.17) is 0 Å². The van der Waals surface area contributed by atoms with E-state index in [0.717, 1.165) is 30.8 Å². The molecule has 0 aliphatic carbocycles. The maximum atomic E-state index is 12.6. The number of hydrogen-bond acceptors (Lipinski definition) is 5. The third-order valence-electron chi connectivity index (χ3n) is 5.14. The van der Waals surface area contributed by atoms with Crippen LogP contribution in [0.15, 0.2) is 42.7 Å². The van der Waals surface area contributed by atoms with Gasteiger partial charge in [0.05, 0.1) is 5.69 Å². The zero-order chi connectivity index (χ0) is 17.2. The van der Waals surface area contributed by atoms with Crippen molar-refractivity contribution in [3.8, 4) is 5.69 Å². The zero-order valence-corrected chi connectivity index (χ0v) is 14.4. The van der Waals surface area contributed by atoms with Crippen molar-refractivity contribution in [1.82, 2.24) is 30.8 Å². The number of rotatable bonds is 4. The number of amides is 1. The van der Waals surface area contributed by atoms with Gasteiger partial charge in [0.25, 0.3) is 0 Å². The number of benzene rings is 1. The molecule has 3 heterocycles. The second kappa shape index (κ2) is 6.95. The normalized spacial score (nSPS) is 26.4. The minimum atomic E-state index is -0.179. The molecule has 2 saturated heterocycles. The van der Waals surface area contributed by atoms with Crippen LogP contribution in [0.25, 0.3) is 5.69 Å². The van der Waals surface area contributed by atoms with E-state index in [0.29, 0.717) is 18.5 Å². The van der Waals surface area contributed by atoms with E-state index in [9.17, 15) is 4.79 Å². The molecule has 7 heteroatoms. The summed E-state index contributed by atoms with van der Waals surface area (Å²) in [5.74, 6) is 0.369. The smallest absolute Gasteiger partial charge is 0.239 e. The minimum absolute atomic E-state index is 0.0554. The van der Waals surface area contributed by atoms with Gasteiger partial charge in [0.1, 0.15) is 6.04 Å². The van der Waals surface area contributed by atoms with Crippen LogP contribution >= 0.6 is 0 Å². The Labute approximate surface area is 147 Å². The van der Waals surface area contributed by atoms with Crippen molar-refractivity contribution in [3.63, 3.8) is 0 Å². The number of likely N-dealkylation sites (tertiary alicyclic amines) is 1. The molecule has 1 aromatic carbocycles. The average Bonchev–Trinajstić information content (AvgIpc) is 3.29. The van der Waals surface area contributed by atoms with Crippen LogP contribution in [0.5, 0.6) is 0 Å². The van der Waals surface area contributed by atoms with Crippen molar-refractivity contribution in [2.24, 2.45) is 5.92 Å². The lowest BCUT2D eigenvalue weighted by molar-refractivity contribution is -0.124. The molecule has 132 valence electrons. The molecule has 0 bridgehead atoms. The Morgan fingerprint density at radius 2 is 2.28 bits per heavy atom. The van der Waals surface area contributed by atoms with E-state index in [2.05, 4.69) is 33.2 Å². The van der Waals surface area contributed by atoms with Crippen LogP contribution in [0, 0.1) is 5.92 Å². The van der Waals surface area contributed by atoms with Crippen molar-refractivity contribution in [3.05, 3.63) is 48.3 Å². The SMILES string of the molecule is CN1CCC2NNC(C(=O)NCc3cccc(-n4cccn4)c3)C2C1. The number of carbonyl (C=O) groups is 1. The Kier molecular flexibility index (Phi) is 4.52. The van der Waals surface area contributed by atoms with Gasteiger partial charge < -0.3 is 10.2 Å². The summed E-state index contributed by atoms with van der Waals surface area (Å²) in [6, 6.07) is 10.2. The molecule has 2 aromatic rings. The molecule has 2 fully saturated rings. The van der Waals surface area contributed by atoms with E-state index in [1.54, 1.807) is 6.20 Å². The lowest BCUT2D eigenvalue weighted by Gasteiger charge is -2.33. The summed E-state index contributed by atoms with van der Waals surface area (Å²) in [4.78, 5) is 14.9. The third-order valence-corrected chi connectivity index (χ3v) is 5.14. The molecule has 3 unspecified atom stereocenters. The molecule has 0 saturated carbocycles. The van der Waals surface area contributed by atoms with Crippen LogP contribution in [-0.4, -0.2) is 52.8 Å². The first-order chi connectivity index (χ1) is 12.2. The van der Waals surface area contributed by atoms with E-state index in [-0.39, 0.29) is 11.9 Å². The second-order valence-corrected chi connectivity index (χ2v) is 6.93. The van der Waals surface area contributed by atoms with Crippen LogP contribution < -0.4 is 16.2 Å². The van der Waals surface area contributed by atoms with Crippen LogP contribution in [0.2, 0.25) is 0 Å². The van der Waals surface area contributed by atoms with E-state index < -0.39 is 0 Å². The monoisotopic (exact) mass is 340 g/mol. The molecule has 2 aliphatic heterocycles. The number of piperidine rings is 1. The summed E-state index contributed by atoms with van der Waals surface area (Å²) in [5.41, 5.74) is 8.52. The first kappa shape index (κ1) is 16.3. The van der Waals surface area contributed by atoms with E-state index >= 15 is 0 Å². The summed E-state index contributed by atoms with van der Waals surface area (Å²) in [6.45, 7) is 2.53. The van der Waals surface area contributed by atoms with Crippen molar-refractivity contribution in [2.75, 3.05) is 20.1 Å². The maximum absolute atomic E-state index is 12.6. The summed E-state index contributed by atoms with van der Waals surface area (Å²) in [7, 11) is 2.12. The number of fused-ring (bicyclic) bond motifs is 1. The fraction of sp³-hybridized carbons (Fsp3) is 0.444. The van der Waals surface area contributed by atoms with Crippen LogP contribution in [-0.2, 0) is 11.3 Å². The average molecular weight is 340 g/mol. The van der Waals surface area contributed by atoms with Crippen LogP contribution in [0.4, 0.5) is 0 Å². The molecule has 7 nitrogen and oxygen atoms in total. The number of nitrogens with zero attached hydrogens (tertiary/aromatic N) is 3. The molecule has 0 radical (unpaired) electrons. The molecule has 2 aliphatic rings. The van der Waals surface area contributed by atoms with Gasteiger partial charge in [0, 0.05) is 37.4 Å². The molecule has 0 spiro atoms. The molecule has 1 aromatic heterocycles. The number of nitrogens with one attached hydrogen (secondary N) is 3. The molecule has 3 N–H and O–H groups in total. The highest BCUT2D eigenvalue weighted by Gasteiger charge is 2.42. The lowest BCUT2D eigenvalue weighted by atomic mass is 9.88. The fourth-order valence-electron chi connectivity index (χ4n) is 3.76. The Bertz CT molecular complexity index is 731. The predicted molar refractivity (Wildman–Crippen MR) is 94.9 cm³/mol. The zero-order valence-electron chi connectivity index (χ0n) is 14.4. The standard InChI is InChI=1S/C18H24N6O/c1-23-9-6-16-15(12-23)17(22-21-16)18(25)19-11-13-4-2-5-14(10-13)24-8-3-7-20-24/h2-5,7-8,10,15-17,21-22H,6,9,11-12H2,1H3,(H,19,25). The predicted octanol–water partition coefficient (Wildman–Crippen LogP) is 0.285. The first-order valence-electron chi connectivity index (χ1n) is 8.77. The highest BCUT2D eigenvalue weighted by molar-refractivity contribution is 5.82. The Morgan fingerprint density at radius 3 is 3.12 bits per heavy atom. The summed E-state index contributed by atoms with van der Waals surface area (Å²) >= 11 is 0. The largest absolute Gasteiger partial charge is 0.351 e.